The molecule has 0 atom stereocenters. The van der Waals surface area contributed by atoms with Gasteiger partial charge in [0.15, 0.2) is 4.96 Å². The molecule has 1 amide bonds. The summed E-state index contributed by atoms with van der Waals surface area (Å²) >= 11 is 1.65. The van der Waals surface area contributed by atoms with Crippen LogP contribution in [0.15, 0.2) is 60.8 Å². The summed E-state index contributed by atoms with van der Waals surface area (Å²) in [5, 5.41) is 2.77. The second kappa shape index (κ2) is 6.74. The third-order valence-corrected chi connectivity index (χ3v) is 5.19. The Morgan fingerprint density at radius 2 is 1.85 bits per heavy atom. The van der Waals surface area contributed by atoms with E-state index in [1.807, 2.05) is 42.5 Å². The maximum Gasteiger partial charge on any atom is 0.221 e. The zero-order valence-electron chi connectivity index (χ0n) is 14.3. The van der Waals surface area contributed by atoms with Gasteiger partial charge < -0.3 is 11.1 Å². The summed E-state index contributed by atoms with van der Waals surface area (Å²) < 4.78 is 2.07. The molecule has 0 aliphatic rings. The van der Waals surface area contributed by atoms with Gasteiger partial charge in [0.25, 0.3) is 0 Å². The highest BCUT2D eigenvalue weighted by Crippen LogP contribution is 2.33. The van der Waals surface area contributed by atoms with Crippen LogP contribution in [-0.2, 0) is 11.3 Å². The van der Waals surface area contributed by atoms with Crippen LogP contribution in [-0.4, -0.2) is 15.3 Å². The van der Waals surface area contributed by atoms with Crippen LogP contribution in [0.25, 0.3) is 26.7 Å². The Morgan fingerprint density at radius 1 is 1.12 bits per heavy atom. The predicted molar refractivity (Wildman–Crippen MR) is 106 cm³/mol. The first kappa shape index (κ1) is 16.5. The summed E-state index contributed by atoms with van der Waals surface area (Å²) in [4.78, 5) is 18.0. The van der Waals surface area contributed by atoms with Crippen molar-refractivity contribution in [2.24, 2.45) is 5.73 Å². The molecule has 0 saturated carbocycles. The predicted octanol–water partition coefficient (Wildman–Crippen LogP) is 4.15. The number of anilines is 1. The molecule has 4 aromatic rings. The van der Waals surface area contributed by atoms with E-state index >= 15 is 0 Å². The molecule has 0 aliphatic heterocycles. The average molecular weight is 362 g/mol. The number of hydrogen-bond donors (Lipinski definition) is 2. The van der Waals surface area contributed by atoms with Gasteiger partial charge in [0, 0.05) is 30.9 Å². The Morgan fingerprint density at radius 3 is 2.50 bits per heavy atom. The van der Waals surface area contributed by atoms with Crippen molar-refractivity contribution in [1.29, 1.82) is 0 Å². The first-order valence-corrected chi connectivity index (χ1v) is 9.11. The van der Waals surface area contributed by atoms with Gasteiger partial charge in [-0.3, -0.25) is 9.20 Å². The molecule has 6 heteroatoms. The van der Waals surface area contributed by atoms with Gasteiger partial charge in [0.1, 0.15) is 0 Å². The molecule has 2 aromatic heterocycles. The fourth-order valence-electron chi connectivity index (χ4n) is 2.97. The lowest BCUT2D eigenvalue weighted by Crippen LogP contribution is -2.05. The summed E-state index contributed by atoms with van der Waals surface area (Å²) in [6.07, 6.45) is 2.10. The normalized spacial score (nSPS) is 11.0. The molecule has 0 saturated heterocycles. The highest BCUT2D eigenvalue weighted by molar-refractivity contribution is 7.20. The Labute approximate surface area is 155 Å². The number of benzene rings is 2. The molecule has 0 bridgehead atoms. The smallest absolute Gasteiger partial charge is 0.221 e. The van der Waals surface area contributed by atoms with E-state index < -0.39 is 0 Å². The fraction of sp³-hybridized carbons (Fsp3) is 0.100. The Balaban J connectivity index is 1.74. The van der Waals surface area contributed by atoms with Crippen molar-refractivity contribution in [3.63, 3.8) is 0 Å². The van der Waals surface area contributed by atoms with Crippen LogP contribution in [0, 0.1) is 0 Å². The fourth-order valence-corrected chi connectivity index (χ4v) is 3.97. The lowest BCUT2D eigenvalue weighted by atomic mass is 10.1. The average Bonchev–Trinajstić information content (AvgIpc) is 3.20. The number of fused-ring (bicyclic) bond motifs is 1. The minimum Gasteiger partial charge on any atom is -0.326 e. The van der Waals surface area contributed by atoms with Gasteiger partial charge in [-0.25, -0.2) is 4.98 Å². The molecule has 0 spiro atoms. The number of hydrogen-bond acceptors (Lipinski definition) is 4. The van der Waals surface area contributed by atoms with Gasteiger partial charge in [-0.15, -0.1) is 0 Å². The van der Waals surface area contributed by atoms with Crippen LogP contribution in [0.2, 0.25) is 0 Å². The number of carbonyl (C=O) groups is 1. The maximum absolute atomic E-state index is 11.2. The molecule has 130 valence electrons. The second-order valence-corrected chi connectivity index (χ2v) is 6.99. The minimum absolute atomic E-state index is 0.0867. The van der Waals surface area contributed by atoms with E-state index in [1.54, 1.807) is 11.3 Å². The summed E-state index contributed by atoms with van der Waals surface area (Å²) in [5.74, 6) is -0.0867. The third kappa shape index (κ3) is 3.00. The number of rotatable bonds is 4. The van der Waals surface area contributed by atoms with Crippen molar-refractivity contribution in [1.82, 2.24) is 9.38 Å². The highest BCUT2D eigenvalue weighted by atomic mass is 32.1. The number of nitrogens with zero attached hydrogens (tertiary/aromatic N) is 2. The van der Waals surface area contributed by atoms with Crippen LogP contribution < -0.4 is 11.1 Å². The van der Waals surface area contributed by atoms with Crippen molar-refractivity contribution in [3.05, 3.63) is 66.5 Å². The van der Waals surface area contributed by atoms with Crippen LogP contribution in [0.1, 0.15) is 12.6 Å². The number of nitrogens with one attached hydrogen (secondary N) is 1. The summed E-state index contributed by atoms with van der Waals surface area (Å²) in [7, 11) is 0. The van der Waals surface area contributed by atoms with E-state index in [4.69, 9.17) is 10.7 Å². The zero-order chi connectivity index (χ0) is 18.1. The standard InChI is InChI=1S/C20H18N4OS/c1-13(25)22-16-9-7-15(8-10-16)19-17(11-21)24-12-18(26-20(24)23-19)14-5-3-2-4-6-14/h2-10,12H,11,21H2,1H3,(H,22,25). The first-order chi connectivity index (χ1) is 12.7. The second-order valence-electron chi connectivity index (χ2n) is 5.98. The largest absolute Gasteiger partial charge is 0.326 e. The number of amides is 1. The summed E-state index contributed by atoms with van der Waals surface area (Å²) in [5.41, 5.74) is 10.8. The van der Waals surface area contributed by atoms with Crippen LogP contribution in [0.3, 0.4) is 0 Å². The van der Waals surface area contributed by atoms with E-state index in [-0.39, 0.29) is 5.91 Å². The van der Waals surface area contributed by atoms with E-state index in [1.165, 1.54) is 12.5 Å². The van der Waals surface area contributed by atoms with Crippen molar-refractivity contribution in [2.75, 3.05) is 5.32 Å². The topological polar surface area (TPSA) is 72.4 Å². The Hall–Kier alpha value is -2.96. The molecule has 2 aromatic carbocycles. The molecule has 4 rings (SSSR count). The van der Waals surface area contributed by atoms with Crippen molar-refractivity contribution >= 4 is 27.9 Å². The molecule has 0 radical (unpaired) electrons. The third-order valence-electron chi connectivity index (χ3n) is 4.16. The van der Waals surface area contributed by atoms with Gasteiger partial charge in [-0.2, -0.15) is 0 Å². The molecule has 0 fully saturated rings. The van der Waals surface area contributed by atoms with Crippen LogP contribution in [0.4, 0.5) is 5.69 Å². The zero-order valence-corrected chi connectivity index (χ0v) is 15.1. The monoisotopic (exact) mass is 362 g/mol. The number of aromatic nitrogens is 2. The molecule has 0 unspecified atom stereocenters. The molecular weight excluding hydrogens is 344 g/mol. The van der Waals surface area contributed by atoms with Gasteiger partial charge in [0.05, 0.1) is 16.3 Å². The Kier molecular flexibility index (Phi) is 4.28. The van der Waals surface area contributed by atoms with Crippen molar-refractivity contribution < 1.29 is 4.79 Å². The number of nitrogens with two attached hydrogens (primary N) is 1. The van der Waals surface area contributed by atoms with Gasteiger partial charge in [-0.05, 0) is 17.7 Å². The molecular formula is C20H18N4OS. The SMILES string of the molecule is CC(=O)Nc1ccc(-c2nc3sc(-c4ccccc4)cn3c2CN)cc1. The van der Waals surface area contributed by atoms with Crippen molar-refractivity contribution in [3.8, 4) is 21.7 Å². The van der Waals surface area contributed by atoms with Gasteiger partial charge in [-0.1, -0.05) is 53.8 Å². The van der Waals surface area contributed by atoms with Crippen LogP contribution in [0.5, 0.6) is 0 Å². The van der Waals surface area contributed by atoms with E-state index in [2.05, 4.69) is 28.0 Å². The molecule has 5 nitrogen and oxygen atoms in total. The Bertz CT molecular complexity index is 1060. The van der Waals surface area contributed by atoms with Crippen molar-refractivity contribution in [2.45, 2.75) is 13.5 Å². The molecule has 3 N–H and O–H groups in total. The highest BCUT2D eigenvalue weighted by Gasteiger charge is 2.16. The number of thiazole rings is 1. The lowest BCUT2D eigenvalue weighted by Gasteiger charge is -2.05. The molecule has 26 heavy (non-hydrogen) atoms. The van der Waals surface area contributed by atoms with Crippen LogP contribution >= 0.6 is 11.3 Å². The van der Waals surface area contributed by atoms with E-state index in [9.17, 15) is 4.79 Å². The first-order valence-electron chi connectivity index (χ1n) is 8.30. The summed E-state index contributed by atoms with van der Waals surface area (Å²) in [6, 6.07) is 17.9. The summed E-state index contributed by atoms with van der Waals surface area (Å²) in [6.45, 7) is 1.89. The number of imidazole rings is 1. The van der Waals surface area contributed by atoms with E-state index in [0.717, 1.165) is 32.5 Å². The van der Waals surface area contributed by atoms with Gasteiger partial charge in [0.2, 0.25) is 5.91 Å². The van der Waals surface area contributed by atoms with Gasteiger partial charge >= 0.3 is 0 Å². The molecule has 0 aliphatic carbocycles. The quantitative estimate of drug-likeness (QED) is 0.573. The minimum atomic E-state index is -0.0867. The number of carbonyl (C=O) groups excluding carboxylic acids is 1. The van der Waals surface area contributed by atoms with E-state index in [0.29, 0.717) is 6.54 Å². The lowest BCUT2D eigenvalue weighted by molar-refractivity contribution is -0.114. The maximum atomic E-state index is 11.2. The molecule has 2 heterocycles.